The van der Waals surface area contributed by atoms with Crippen LogP contribution in [-0.4, -0.2) is 15.8 Å². The number of carboxylic acid groups (broad SMARTS) is 1. The fourth-order valence-electron chi connectivity index (χ4n) is 1.08. The molecule has 0 spiro atoms. The molecule has 7 heteroatoms. The third kappa shape index (κ3) is 3.65. The topological polar surface area (TPSA) is 37.3 Å². The Hall–Kier alpha value is -0.690. The van der Waals surface area contributed by atoms with E-state index in [1.165, 1.54) is 19.9 Å². The Morgan fingerprint density at radius 1 is 1.33 bits per heavy atom. The Labute approximate surface area is 115 Å². The maximum absolute atomic E-state index is 12.4. The van der Waals surface area contributed by atoms with E-state index in [9.17, 15) is 18.0 Å². The van der Waals surface area contributed by atoms with Crippen molar-refractivity contribution in [2.75, 3.05) is 0 Å². The van der Waals surface area contributed by atoms with Crippen molar-refractivity contribution in [2.24, 2.45) is 0 Å². The third-order valence-corrected chi connectivity index (χ3v) is 4.32. The van der Waals surface area contributed by atoms with E-state index in [1.807, 2.05) is 0 Å². The molecular formula is C11H10BrF3O2S. The van der Waals surface area contributed by atoms with Gasteiger partial charge in [-0.2, -0.15) is 13.2 Å². The van der Waals surface area contributed by atoms with Crippen molar-refractivity contribution in [3.05, 3.63) is 28.2 Å². The van der Waals surface area contributed by atoms with Gasteiger partial charge >= 0.3 is 12.1 Å². The molecule has 0 amide bonds. The van der Waals surface area contributed by atoms with Gasteiger partial charge in [0.05, 0.1) is 5.56 Å². The summed E-state index contributed by atoms with van der Waals surface area (Å²) >= 11 is 4.01. The van der Waals surface area contributed by atoms with E-state index >= 15 is 0 Å². The van der Waals surface area contributed by atoms with Crippen molar-refractivity contribution in [2.45, 2.75) is 29.7 Å². The molecule has 0 bridgehead atoms. The molecule has 0 saturated heterocycles. The molecule has 2 nitrogen and oxygen atoms in total. The number of halogens is 4. The molecule has 0 aliphatic heterocycles. The summed E-state index contributed by atoms with van der Waals surface area (Å²) in [4.78, 5) is 11.4. The standard InChI is InChI=1S/C11H10BrF3O2S/c1-10(2,9(16)17)18-8-4-3-6(5-7(8)12)11(13,14)15/h3-5H,1-2H3,(H,16,17). The molecule has 0 aromatic heterocycles. The molecule has 1 aromatic carbocycles. The highest BCUT2D eigenvalue weighted by Gasteiger charge is 2.33. The monoisotopic (exact) mass is 342 g/mol. The summed E-state index contributed by atoms with van der Waals surface area (Å²) < 4.78 is 36.5. The van der Waals surface area contributed by atoms with Crippen LogP contribution in [0.1, 0.15) is 19.4 Å². The number of benzene rings is 1. The molecule has 0 aliphatic rings. The van der Waals surface area contributed by atoms with E-state index in [4.69, 9.17) is 5.11 Å². The summed E-state index contributed by atoms with van der Waals surface area (Å²) in [5.41, 5.74) is -0.771. The number of carbonyl (C=O) groups is 1. The summed E-state index contributed by atoms with van der Waals surface area (Å²) in [6, 6.07) is 3.15. The molecule has 0 aliphatic carbocycles. The highest BCUT2D eigenvalue weighted by Crippen LogP contribution is 2.40. The van der Waals surface area contributed by atoms with Crippen molar-refractivity contribution in [3.63, 3.8) is 0 Å². The highest BCUT2D eigenvalue weighted by molar-refractivity contribution is 9.10. The predicted molar refractivity (Wildman–Crippen MR) is 66.7 cm³/mol. The zero-order valence-electron chi connectivity index (χ0n) is 9.51. The molecule has 1 aromatic rings. The Morgan fingerprint density at radius 2 is 1.89 bits per heavy atom. The zero-order valence-corrected chi connectivity index (χ0v) is 11.9. The second-order valence-electron chi connectivity index (χ2n) is 4.06. The number of carboxylic acids is 1. The number of aliphatic carboxylic acids is 1. The quantitative estimate of drug-likeness (QED) is 0.826. The third-order valence-electron chi connectivity index (χ3n) is 2.14. The van der Waals surface area contributed by atoms with Gasteiger partial charge in [-0.15, -0.1) is 11.8 Å². The van der Waals surface area contributed by atoms with E-state index in [0.29, 0.717) is 4.90 Å². The van der Waals surface area contributed by atoms with Crippen LogP contribution in [0.15, 0.2) is 27.6 Å². The Bertz CT molecular complexity index is 472. The predicted octanol–water partition coefficient (Wildman–Crippen LogP) is 4.42. The number of rotatable bonds is 3. The van der Waals surface area contributed by atoms with E-state index in [-0.39, 0.29) is 4.47 Å². The summed E-state index contributed by atoms with van der Waals surface area (Å²) in [7, 11) is 0. The van der Waals surface area contributed by atoms with Crippen LogP contribution < -0.4 is 0 Å². The van der Waals surface area contributed by atoms with Gasteiger partial charge in [0, 0.05) is 9.37 Å². The van der Waals surface area contributed by atoms with Gasteiger partial charge in [-0.05, 0) is 48.0 Å². The number of thioether (sulfide) groups is 1. The van der Waals surface area contributed by atoms with Crippen LogP contribution in [0.5, 0.6) is 0 Å². The van der Waals surface area contributed by atoms with Crippen molar-refractivity contribution < 1.29 is 23.1 Å². The van der Waals surface area contributed by atoms with Gasteiger partial charge < -0.3 is 5.11 Å². The minimum Gasteiger partial charge on any atom is -0.480 e. The SMILES string of the molecule is CC(C)(Sc1ccc(C(F)(F)F)cc1Br)C(=O)O. The molecular weight excluding hydrogens is 333 g/mol. The summed E-state index contributed by atoms with van der Waals surface area (Å²) in [6.07, 6.45) is -4.41. The summed E-state index contributed by atoms with van der Waals surface area (Å²) in [6.45, 7) is 2.98. The Morgan fingerprint density at radius 3 is 2.28 bits per heavy atom. The smallest absolute Gasteiger partial charge is 0.416 e. The van der Waals surface area contributed by atoms with E-state index in [1.54, 1.807) is 0 Å². The van der Waals surface area contributed by atoms with Gasteiger partial charge in [0.15, 0.2) is 0 Å². The maximum Gasteiger partial charge on any atom is 0.416 e. The number of hydrogen-bond acceptors (Lipinski definition) is 2. The van der Waals surface area contributed by atoms with Crippen molar-refractivity contribution >= 4 is 33.7 Å². The van der Waals surface area contributed by atoms with E-state index < -0.39 is 22.5 Å². The van der Waals surface area contributed by atoms with Crippen LogP contribution >= 0.6 is 27.7 Å². The summed E-state index contributed by atoms with van der Waals surface area (Å²) in [5, 5.41) is 8.96. The van der Waals surface area contributed by atoms with Crippen LogP contribution in [0.2, 0.25) is 0 Å². The van der Waals surface area contributed by atoms with Gasteiger partial charge in [0.1, 0.15) is 4.75 Å². The fourth-order valence-corrected chi connectivity index (χ4v) is 2.63. The lowest BCUT2D eigenvalue weighted by Gasteiger charge is -2.19. The van der Waals surface area contributed by atoms with Gasteiger partial charge in [0.25, 0.3) is 0 Å². The Kier molecular flexibility index (Phi) is 4.38. The maximum atomic E-state index is 12.4. The molecule has 100 valence electrons. The van der Waals surface area contributed by atoms with Crippen molar-refractivity contribution in [3.8, 4) is 0 Å². The second-order valence-corrected chi connectivity index (χ2v) is 6.58. The van der Waals surface area contributed by atoms with Crippen LogP contribution in [0.3, 0.4) is 0 Å². The number of alkyl halides is 3. The van der Waals surface area contributed by atoms with Crippen LogP contribution in [0, 0.1) is 0 Å². The normalized spacial score (nSPS) is 12.6. The van der Waals surface area contributed by atoms with Crippen LogP contribution in [0.4, 0.5) is 13.2 Å². The largest absolute Gasteiger partial charge is 0.480 e. The molecule has 0 unspecified atom stereocenters. The van der Waals surface area contributed by atoms with Crippen molar-refractivity contribution in [1.29, 1.82) is 0 Å². The lowest BCUT2D eigenvalue weighted by molar-refractivity contribution is -0.139. The van der Waals surface area contributed by atoms with Gasteiger partial charge in [-0.1, -0.05) is 0 Å². The molecule has 18 heavy (non-hydrogen) atoms. The Balaban J connectivity index is 3.04. The molecule has 0 fully saturated rings. The van der Waals surface area contributed by atoms with Gasteiger partial charge in [-0.3, -0.25) is 4.79 Å². The first-order valence-electron chi connectivity index (χ1n) is 4.83. The lowest BCUT2D eigenvalue weighted by atomic mass is 10.2. The van der Waals surface area contributed by atoms with Crippen LogP contribution in [0.25, 0.3) is 0 Å². The molecule has 1 rings (SSSR count). The lowest BCUT2D eigenvalue weighted by Crippen LogP contribution is -2.26. The fraction of sp³-hybridized carbons (Fsp3) is 0.364. The highest BCUT2D eigenvalue weighted by atomic mass is 79.9. The van der Waals surface area contributed by atoms with E-state index in [2.05, 4.69) is 15.9 Å². The molecule has 0 atom stereocenters. The zero-order chi connectivity index (χ0) is 14.1. The first kappa shape index (κ1) is 15.4. The van der Waals surface area contributed by atoms with Gasteiger partial charge in [-0.25, -0.2) is 0 Å². The van der Waals surface area contributed by atoms with E-state index in [0.717, 1.165) is 23.9 Å². The second kappa shape index (κ2) is 5.13. The molecule has 0 saturated carbocycles. The minimum atomic E-state index is -4.41. The number of hydrogen-bond donors (Lipinski definition) is 1. The first-order chi connectivity index (χ1) is 8.04. The van der Waals surface area contributed by atoms with Crippen molar-refractivity contribution in [1.82, 2.24) is 0 Å². The first-order valence-corrected chi connectivity index (χ1v) is 6.44. The van der Waals surface area contributed by atoms with Crippen LogP contribution in [-0.2, 0) is 11.0 Å². The molecule has 0 radical (unpaired) electrons. The molecule has 1 N–H and O–H groups in total. The summed E-state index contributed by atoms with van der Waals surface area (Å²) in [5.74, 6) is -1.03. The average molecular weight is 343 g/mol. The minimum absolute atomic E-state index is 0.233. The van der Waals surface area contributed by atoms with Gasteiger partial charge in [0.2, 0.25) is 0 Å². The molecule has 0 heterocycles. The average Bonchev–Trinajstić information content (AvgIpc) is 2.19.